The molecule has 0 aliphatic heterocycles. The third kappa shape index (κ3) is 8.51. The molecule has 0 aromatic heterocycles. The number of aryl methyl sites for hydroxylation is 2. The molecule has 4 aromatic rings. The highest BCUT2D eigenvalue weighted by Gasteiger charge is 2.33. The van der Waals surface area contributed by atoms with E-state index in [9.17, 15) is 18.0 Å². The first-order chi connectivity index (χ1) is 21.5. The van der Waals surface area contributed by atoms with Gasteiger partial charge in [0.25, 0.3) is 10.0 Å². The number of ether oxygens (including phenoxy) is 1. The summed E-state index contributed by atoms with van der Waals surface area (Å²) in [6.45, 7) is 8.98. The Kier molecular flexibility index (Phi) is 11.0. The maximum Gasteiger partial charge on any atom is 0.264 e. The first kappa shape index (κ1) is 33.3. The second kappa shape index (κ2) is 14.9. The van der Waals surface area contributed by atoms with Crippen molar-refractivity contribution in [3.05, 3.63) is 120 Å². The van der Waals surface area contributed by atoms with E-state index < -0.39 is 28.5 Å². The number of nitrogens with one attached hydrogen (secondary N) is 1. The lowest BCUT2D eigenvalue weighted by Gasteiger charge is -2.32. The van der Waals surface area contributed by atoms with Crippen molar-refractivity contribution < 1.29 is 22.7 Å². The second-order valence-corrected chi connectivity index (χ2v) is 13.0. The van der Waals surface area contributed by atoms with Crippen LogP contribution in [0.4, 0.5) is 5.69 Å². The fourth-order valence-corrected chi connectivity index (χ4v) is 6.10. The molecule has 2 amide bonds. The zero-order chi connectivity index (χ0) is 32.6. The summed E-state index contributed by atoms with van der Waals surface area (Å²) in [5.74, 6) is 0.341. The average Bonchev–Trinajstić information content (AvgIpc) is 3.03. The van der Waals surface area contributed by atoms with Crippen LogP contribution in [0.25, 0.3) is 0 Å². The van der Waals surface area contributed by atoms with Crippen LogP contribution in [0.2, 0.25) is 0 Å². The van der Waals surface area contributed by atoms with Crippen molar-refractivity contribution in [3.63, 3.8) is 0 Å². The second-order valence-electron chi connectivity index (χ2n) is 11.2. The van der Waals surface area contributed by atoms with Crippen LogP contribution < -0.4 is 14.4 Å². The van der Waals surface area contributed by atoms with Gasteiger partial charge < -0.3 is 15.0 Å². The number of nitrogens with zero attached hydrogens (tertiary/aromatic N) is 2. The van der Waals surface area contributed by atoms with Crippen LogP contribution in [0.5, 0.6) is 11.5 Å². The molecule has 45 heavy (non-hydrogen) atoms. The lowest BCUT2D eigenvalue weighted by Crippen LogP contribution is -2.52. The Labute approximate surface area is 266 Å². The van der Waals surface area contributed by atoms with Crippen LogP contribution in [-0.2, 0) is 26.2 Å². The van der Waals surface area contributed by atoms with E-state index in [1.165, 1.54) is 17.0 Å². The average molecular weight is 628 g/mol. The third-order valence-corrected chi connectivity index (χ3v) is 9.55. The predicted molar refractivity (Wildman–Crippen MR) is 178 cm³/mol. The highest BCUT2D eigenvalue weighted by Crippen LogP contribution is 2.29. The molecule has 4 rings (SSSR count). The smallest absolute Gasteiger partial charge is 0.264 e. The summed E-state index contributed by atoms with van der Waals surface area (Å²) in [7, 11) is -4.18. The largest absolute Gasteiger partial charge is 0.457 e. The van der Waals surface area contributed by atoms with E-state index in [0.717, 1.165) is 27.4 Å². The molecule has 0 unspecified atom stereocenters. The number of hydrogen-bond acceptors (Lipinski definition) is 5. The summed E-state index contributed by atoms with van der Waals surface area (Å²) in [6.07, 6.45) is 0.733. The van der Waals surface area contributed by atoms with Crippen molar-refractivity contribution in [1.29, 1.82) is 0 Å². The maximum atomic E-state index is 14.2. The first-order valence-corrected chi connectivity index (χ1v) is 16.5. The highest BCUT2D eigenvalue weighted by atomic mass is 32.2. The maximum absolute atomic E-state index is 14.2. The van der Waals surface area contributed by atoms with Gasteiger partial charge in [0.1, 0.15) is 24.1 Å². The highest BCUT2D eigenvalue weighted by molar-refractivity contribution is 7.92. The number of sulfonamides is 1. The fourth-order valence-electron chi connectivity index (χ4n) is 4.69. The fraction of sp³-hybridized carbons (Fsp3) is 0.278. The topological polar surface area (TPSA) is 96.0 Å². The van der Waals surface area contributed by atoms with Crippen LogP contribution in [0.15, 0.2) is 108 Å². The first-order valence-electron chi connectivity index (χ1n) is 15.1. The van der Waals surface area contributed by atoms with Gasteiger partial charge in [0.2, 0.25) is 11.8 Å². The van der Waals surface area contributed by atoms with E-state index in [-0.39, 0.29) is 29.1 Å². The molecule has 236 valence electrons. The summed E-state index contributed by atoms with van der Waals surface area (Å²) in [5, 5.41) is 2.96. The number of carbonyl (C=O) groups is 2. The SMILES string of the molecule is CC[C@@H](C)NC(=O)[C@H](C)N(Cc1ccccc1C)C(=O)CN(c1ccc(Oc2ccccc2)cc1)S(=O)(=O)c1ccc(C)cc1. The Balaban J connectivity index is 1.71. The van der Waals surface area contributed by atoms with Gasteiger partial charge in [0.05, 0.1) is 10.6 Å². The predicted octanol–water partition coefficient (Wildman–Crippen LogP) is 6.62. The van der Waals surface area contributed by atoms with Crippen molar-refractivity contribution >= 4 is 27.5 Å². The molecule has 0 aliphatic carbocycles. The summed E-state index contributed by atoms with van der Waals surface area (Å²) in [4.78, 5) is 29.0. The Hall–Kier alpha value is -4.63. The summed E-state index contributed by atoms with van der Waals surface area (Å²) in [5.41, 5.74) is 3.02. The zero-order valence-corrected chi connectivity index (χ0v) is 27.3. The molecule has 1 N–H and O–H groups in total. The van der Waals surface area contributed by atoms with Crippen molar-refractivity contribution in [2.24, 2.45) is 0 Å². The van der Waals surface area contributed by atoms with Crippen LogP contribution >= 0.6 is 0 Å². The van der Waals surface area contributed by atoms with Gasteiger partial charge in [-0.3, -0.25) is 13.9 Å². The van der Waals surface area contributed by atoms with Crippen molar-refractivity contribution in [2.45, 2.75) is 64.6 Å². The molecule has 0 spiro atoms. The Morgan fingerprint density at radius 1 is 0.800 bits per heavy atom. The van der Waals surface area contributed by atoms with Gasteiger partial charge >= 0.3 is 0 Å². The molecule has 0 radical (unpaired) electrons. The lowest BCUT2D eigenvalue weighted by atomic mass is 10.1. The normalized spacial score (nSPS) is 12.6. The molecule has 9 heteroatoms. The van der Waals surface area contributed by atoms with Gasteiger partial charge in [-0.1, -0.05) is 67.1 Å². The summed E-state index contributed by atoms with van der Waals surface area (Å²) < 4.78 is 35.2. The van der Waals surface area contributed by atoms with Crippen LogP contribution in [0.1, 0.15) is 43.9 Å². The molecule has 0 aliphatic rings. The van der Waals surface area contributed by atoms with Crippen LogP contribution in [0.3, 0.4) is 0 Å². The molecule has 4 aromatic carbocycles. The van der Waals surface area contributed by atoms with Gasteiger partial charge in [-0.05, 0) is 93.8 Å². The Morgan fingerprint density at radius 2 is 1.40 bits per heavy atom. The molecule has 0 saturated carbocycles. The van der Waals surface area contributed by atoms with Gasteiger partial charge in [-0.2, -0.15) is 0 Å². The van der Waals surface area contributed by atoms with E-state index in [4.69, 9.17) is 4.74 Å². The number of para-hydroxylation sites is 1. The van der Waals surface area contributed by atoms with Gasteiger partial charge in [-0.15, -0.1) is 0 Å². The van der Waals surface area contributed by atoms with Crippen molar-refractivity contribution in [2.75, 3.05) is 10.8 Å². The minimum Gasteiger partial charge on any atom is -0.457 e. The third-order valence-electron chi connectivity index (χ3n) is 7.76. The number of anilines is 1. The summed E-state index contributed by atoms with van der Waals surface area (Å²) in [6, 6.07) is 29.0. The molecule has 0 heterocycles. The number of benzene rings is 4. The van der Waals surface area contributed by atoms with Crippen molar-refractivity contribution in [3.8, 4) is 11.5 Å². The van der Waals surface area contributed by atoms with Gasteiger partial charge in [0.15, 0.2) is 0 Å². The minimum absolute atomic E-state index is 0.0542. The van der Waals surface area contributed by atoms with Crippen molar-refractivity contribution in [1.82, 2.24) is 10.2 Å². The van der Waals surface area contributed by atoms with Crippen LogP contribution in [-0.4, -0.2) is 43.8 Å². The van der Waals surface area contributed by atoms with Gasteiger partial charge in [0, 0.05) is 12.6 Å². The molecule has 0 fully saturated rings. The molecular formula is C36H41N3O5S. The van der Waals surface area contributed by atoms with E-state index in [2.05, 4.69) is 5.32 Å². The summed E-state index contributed by atoms with van der Waals surface area (Å²) >= 11 is 0. The van der Waals surface area contributed by atoms with Crippen LogP contribution in [0, 0.1) is 13.8 Å². The quantitative estimate of drug-likeness (QED) is 0.180. The Morgan fingerprint density at radius 3 is 2.02 bits per heavy atom. The monoisotopic (exact) mass is 627 g/mol. The molecule has 2 atom stereocenters. The number of carbonyl (C=O) groups excluding carboxylic acids is 2. The molecule has 0 saturated heterocycles. The van der Waals surface area contributed by atoms with E-state index in [1.54, 1.807) is 43.3 Å². The Bertz CT molecular complexity index is 1690. The lowest BCUT2D eigenvalue weighted by molar-refractivity contribution is -0.139. The number of rotatable bonds is 13. The number of amides is 2. The standard InChI is InChI=1S/C36H41N3O5S/c1-6-28(4)37-36(41)29(5)38(24-30-13-11-10-12-27(30)3)35(40)25-39(45(42,43)34-22-16-26(2)17-23-34)31-18-20-33(21-19-31)44-32-14-8-7-9-15-32/h7-23,28-29H,6,24-25H2,1-5H3,(H,37,41)/t28-,29+/m1/s1. The van der Waals surface area contributed by atoms with E-state index in [0.29, 0.717) is 11.5 Å². The molecular weight excluding hydrogens is 586 g/mol. The number of hydrogen-bond donors (Lipinski definition) is 1. The van der Waals surface area contributed by atoms with E-state index >= 15 is 0 Å². The molecule has 8 nitrogen and oxygen atoms in total. The minimum atomic E-state index is -4.18. The zero-order valence-electron chi connectivity index (χ0n) is 26.4. The molecule has 0 bridgehead atoms. The van der Waals surface area contributed by atoms with Gasteiger partial charge in [-0.25, -0.2) is 8.42 Å². The van der Waals surface area contributed by atoms with E-state index in [1.807, 2.05) is 82.3 Å².